The number of rotatable bonds is 4. The number of hydrogen-bond donors (Lipinski definition) is 1. The van der Waals surface area contributed by atoms with Crippen LogP contribution >= 0.6 is 0 Å². The Morgan fingerprint density at radius 1 is 1.53 bits per heavy atom. The summed E-state index contributed by atoms with van der Waals surface area (Å²) in [5.41, 5.74) is 4.32. The topological polar surface area (TPSA) is 54.4 Å². The lowest BCUT2D eigenvalue weighted by molar-refractivity contribution is -0.102. The van der Waals surface area contributed by atoms with E-state index >= 15 is 0 Å². The minimum absolute atomic E-state index is 0.112. The van der Waals surface area contributed by atoms with E-state index in [0.29, 0.717) is 11.5 Å². The summed E-state index contributed by atoms with van der Waals surface area (Å²) in [5.74, 6) is 0.751. The molecule has 0 aliphatic carbocycles. The van der Waals surface area contributed by atoms with Crippen LogP contribution in [0.4, 0.5) is 5.82 Å². The van der Waals surface area contributed by atoms with E-state index in [4.69, 9.17) is 0 Å². The molecule has 0 unspecified atom stereocenters. The van der Waals surface area contributed by atoms with Crippen molar-refractivity contribution in [1.82, 2.24) is 4.98 Å². The molecule has 15 heavy (non-hydrogen) atoms. The summed E-state index contributed by atoms with van der Waals surface area (Å²) in [6.07, 6.45) is 2.50. The Hall–Kier alpha value is -1.71. The molecular formula is C11H15N3O. The van der Waals surface area contributed by atoms with Crippen molar-refractivity contribution in [2.75, 3.05) is 5.43 Å². The van der Waals surface area contributed by atoms with Crippen LogP contribution in [0.5, 0.6) is 0 Å². The van der Waals surface area contributed by atoms with Crippen molar-refractivity contribution < 1.29 is 4.79 Å². The van der Waals surface area contributed by atoms with E-state index in [1.165, 1.54) is 0 Å². The third-order valence-electron chi connectivity index (χ3n) is 1.92. The molecule has 4 heteroatoms. The largest absolute Gasteiger partial charge is 0.296 e. The molecule has 4 nitrogen and oxygen atoms in total. The highest BCUT2D eigenvalue weighted by atomic mass is 16.1. The van der Waals surface area contributed by atoms with Crippen molar-refractivity contribution in [2.45, 2.75) is 20.8 Å². The summed E-state index contributed by atoms with van der Waals surface area (Å²) in [6, 6.07) is 3.75. The van der Waals surface area contributed by atoms with Gasteiger partial charge in [0.05, 0.1) is 0 Å². The molecule has 0 bridgehead atoms. The lowest BCUT2D eigenvalue weighted by Crippen LogP contribution is -2.11. The van der Waals surface area contributed by atoms with E-state index in [2.05, 4.69) is 15.5 Å². The fourth-order valence-corrected chi connectivity index (χ4v) is 0.947. The Morgan fingerprint density at radius 2 is 2.27 bits per heavy atom. The maximum Gasteiger partial charge on any atom is 0.166 e. The molecular weight excluding hydrogens is 190 g/mol. The van der Waals surface area contributed by atoms with Crippen LogP contribution in [-0.2, 0) is 4.79 Å². The molecule has 0 fully saturated rings. The van der Waals surface area contributed by atoms with Gasteiger partial charge in [-0.05, 0) is 18.6 Å². The van der Waals surface area contributed by atoms with Crippen molar-refractivity contribution >= 4 is 17.8 Å². The number of hydrogen-bond acceptors (Lipinski definition) is 4. The van der Waals surface area contributed by atoms with Crippen LogP contribution in [0.3, 0.4) is 0 Å². The van der Waals surface area contributed by atoms with Crippen LogP contribution in [0.25, 0.3) is 0 Å². The predicted octanol–water partition coefficient (Wildman–Crippen LogP) is 2.01. The highest BCUT2D eigenvalue weighted by Crippen LogP contribution is 2.04. The van der Waals surface area contributed by atoms with Gasteiger partial charge in [0, 0.05) is 12.1 Å². The van der Waals surface area contributed by atoms with Gasteiger partial charge in [0.1, 0.15) is 11.5 Å². The number of carbonyl (C=O) groups is 1. The smallest absolute Gasteiger partial charge is 0.166 e. The van der Waals surface area contributed by atoms with E-state index in [1.807, 2.05) is 32.9 Å². The van der Waals surface area contributed by atoms with Gasteiger partial charge < -0.3 is 0 Å². The fourth-order valence-electron chi connectivity index (χ4n) is 0.947. The van der Waals surface area contributed by atoms with Gasteiger partial charge in [-0.15, -0.1) is 0 Å². The van der Waals surface area contributed by atoms with Crippen molar-refractivity contribution in [3.63, 3.8) is 0 Å². The van der Waals surface area contributed by atoms with E-state index in [-0.39, 0.29) is 5.92 Å². The number of pyridine rings is 1. The highest BCUT2D eigenvalue weighted by Gasteiger charge is 2.02. The zero-order valence-electron chi connectivity index (χ0n) is 9.19. The van der Waals surface area contributed by atoms with E-state index in [9.17, 15) is 4.79 Å². The second kappa shape index (κ2) is 5.24. The minimum Gasteiger partial charge on any atom is -0.296 e. The molecule has 0 atom stereocenters. The van der Waals surface area contributed by atoms with E-state index < -0.39 is 0 Å². The summed E-state index contributed by atoms with van der Waals surface area (Å²) >= 11 is 0. The van der Waals surface area contributed by atoms with Gasteiger partial charge in [0.25, 0.3) is 0 Å². The summed E-state index contributed by atoms with van der Waals surface area (Å²) in [7, 11) is 0. The normalized spacial score (nSPS) is 11.6. The van der Waals surface area contributed by atoms with E-state index in [0.717, 1.165) is 11.8 Å². The number of anilines is 1. The molecule has 80 valence electrons. The molecule has 0 saturated heterocycles. The van der Waals surface area contributed by atoms with Crippen molar-refractivity contribution in [3.05, 3.63) is 23.9 Å². The number of aromatic nitrogens is 1. The molecule has 1 aromatic rings. The molecule has 0 aromatic carbocycles. The first-order valence-corrected chi connectivity index (χ1v) is 4.85. The van der Waals surface area contributed by atoms with Crippen LogP contribution in [0.2, 0.25) is 0 Å². The van der Waals surface area contributed by atoms with Gasteiger partial charge in [-0.3, -0.25) is 10.2 Å². The van der Waals surface area contributed by atoms with Gasteiger partial charge in [0.2, 0.25) is 0 Å². The summed E-state index contributed by atoms with van der Waals surface area (Å²) < 4.78 is 0. The first-order valence-electron chi connectivity index (χ1n) is 4.85. The number of nitrogens with zero attached hydrogens (tertiary/aromatic N) is 2. The molecule has 0 aliphatic heterocycles. The molecule has 1 heterocycles. The number of aryl methyl sites for hydroxylation is 1. The quantitative estimate of drug-likeness (QED) is 0.464. The molecule has 0 amide bonds. The summed E-state index contributed by atoms with van der Waals surface area (Å²) in [4.78, 5) is 14.7. The van der Waals surface area contributed by atoms with Gasteiger partial charge in [-0.1, -0.05) is 19.9 Å². The molecule has 1 N–H and O–H groups in total. The zero-order chi connectivity index (χ0) is 11.3. The van der Waals surface area contributed by atoms with Gasteiger partial charge >= 0.3 is 0 Å². The van der Waals surface area contributed by atoms with Gasteiger partial charge in [-0.2, -0.15) is 5.10 Å². The molecule has 0 saturated carbocycles. The van der Waals surface area contributed by atoms with Crippen LogP contribution in [0.1, 0.15) is 19.4 Å². The first-order chi connectivity index (χ1) is 7.13. The molecule has 1 aromatic heterocycles. The van der Waals surface area contributed by atoms with Crippen LogP contribution in [0.15, 0.2) is 23.4 Å². The first kappa shape index (κ1) is 11.4. The van der Waals surface area contributed by atoms with Crippen LogP contribution in [-0.4, -0.2) is 17.0 Å². The monoisotopic (exact) mass is 205 g/mol. The molecule has 0 radical (unpaired) electrons. The Morgan fingerprint density at radius 3 is 2.73 bits per heavy atom. The van der Waals surface area contributed by atoms with Gasteiger partial charge in [-0.25, -0.2) is 4.98 Å². The van der Waals surface area contributed by atoms with E-state index in [1.54, 1.807) is 6.20 Å². The summed E-state index contributed by atoms with van der Waals surface area (Å²) in [6.45, 7) is 5.79. The second-order valence-electron chi connectivity index (χ2n) is 3.64. The number of hydrazone groups is 1. The summed E-state index contributed by atoms with van der Waals surface area (Å²) in [5, 5.41) is 3.98. The Labute approximate surface area is 89.4 Å². The van der Waals surface area contributed by atoms with Crippen LogP contribution < -0.4 is 5.43 Å². The SMILES string of the molecule is Cc1ccc(N/N=C(\C=O)C(C)C)nc1. The fraction of sp³-hybridized carbons (Fsp3) is 0.364. The maximum absolute atomic E-state index is 10.6. The second-order valence-corrected chi connectivity index (χ2v) is 3.64. The Kier molecular flexibility index (Phi) is 3.97. The molecule has 0 spiro atoms. The predicted molar refractivity (Wildman–Crippen MR) is 60.9 cm³/mol. The lowest BCUT2D eigenvalue weighted by Gasteiger charge is -2.04. The molecule has 1 rings (SSSR count). The van der Waals surface area contributed by atoms with Crippen molar-refractivity contribution in [1.29, 1.82) is 0 Å². The highest BCUT2D eigenvalue weighted by molar-refractivity contribution is 6.29. The third kappa shape index (κ3) is 3.50. The Balaban J connectivity index is 2.70. The van der Waals surface area contributed by atoms with Gasteiger partial charge in [0.15, 0.2) is 6.29 Å². The standard InChI is InChI=1S/C11H15N3O/c1-8(2)10(7-15)13-14-11-5-4-9(3)6-12-11/h4-8H,1-3H3,(H,12,14)/b13-10+. The number of nitrogens with one attached hydrogen (secondary N) is 1. The number of carbonyl (C=O) groups excluding carboxylic acids is 1. The third-order valence-corrected chi connectivity index (χ3v) is 1.92. The minimum atomic E-state index is 0.112. The Bertz CT molecular complexity index is 355. The van der Waals surface area contributed by atoms with Crippen molar-refractivity contribution in [3.8, 4) is 0 Å². The van der Waals surface area contributed by atoms with Crippen molar-refractivity contribution in [2.24, 2.45) is 11.0 Å². The van der Waals surface area contributed by atoms with Crippen LogP contribution in [0, 0.1) is 12.8 Å². The maximum atomic E-state index is 10.6. The average Bonchev–Trinajstić information content (AvgIpc) is 2.21. The lowest BCUT2D eigenvalue weighted by atomic mass is 10.1. The molecule has 0 aliphatic rings. The zero-order valence-corrected chi connectivity index (χ0v) is 9.19. The average molecular weight is 205 g/mol. The number of aldehydes is 1.